The SMILES string of the molecule is COc1cc(OC)cc(C(=O)N[C@@H](C(=O)Nc2ccc(Cl)cc2)C(C)C)c1. The molecular formula is C20H23ClN2O4. The lowest BCUT2D eigenvalue weighted by Gasteiger charge is -2.22. The van der Waals surface area contributed by atoms with Crippen LogP contribution in [-0.2, 0) is 4.79 Å². The minimum atomic E-state index is -0.717. The van der Waals surface area contributed by atoms with E-state index in [1.54, 1.807) is 42.5 Å². The van der Waals surface area contributed by atoms with Gasteiger partial charge >= 0.3 is 0 Å². The minimum absolute atomic E-state index is 0.117. The van der Waals surface area contributed by atoms with E-state index < -0.39 is 11.9 Å². The lowest BCUT2D eigenvalue weighted by molar-refractivity contribution is -0.118. The number of benzene rings is 2. The summed E-state index contributed by atoms with van der Waals surface area (Å²) < 4.78 is 10.4. The van der Waals surface area contributed by atoms with Gasteiger partial charge in [0.15, 0.2) is 0 Å². The van der Waals surface area contributed by atoms with Gasteiger partial charge < -0.3 is 20.1 Å². The molecule has 1 atom stereocenters. The second-order valence-corrected chi connectivity index (χ2v) is 6.73. The zero-order valence-electron chi connectivity index (χ0n) is 15.7. The van der Waals surface area contributed by atoms with Gasteiger partial charge in [0.1, 0.15) is 17.5 Å². The molecule has 0 aliphatic heterocycles. The normalized spacial score (nSPS) is 11.6. The molecule has 2 aromatic rings. The highest BCUT2D eigenvalue weighted by Gasteiger charge is 2.25. The van der Waals surface area contributed by atoms with Gasteiger partial charge in [0.05, 0.1) is 14.2 Å². The fourth-order valence-electron chi connectivity index (χ4n) is 2.45. The molecule has 7 heteroatoms. The molecule has 144 valence electrons. The Morgan fingerprint density at radius 2 is 1.52 bits per heavy atom. The lowest BCUT2D eigenvalue weighted by Crippen LogP contribution is -2.47. The highest BCUT2D eigenvalue weighted by Crippen LogP contribution is 2.23. The van der Waals surface area contributed by atoms with E-state index in [1.807, 2.05) is 13.8 Å². The van der Waals surface area contributed by atoms with E-state index in [-0.39, 0.29) is 11.8 Å². The van der Waals surface area contributed by atoms with Gasteiger partial charge in [-0.15, -0.1) is 0 Å². The average Bonchev–Trinajstić information content (AvgIpc) is 2.66. The number of methoxy groups -OCH3 is 2. The van der Waals surface area contributed by atoms with Crippen molar-refractivity contribution in [2.45, 2.75) is 19.9 Å². The molecule has 0 saturated carbocycles. The van der Waals surface area contributed by atoms with Crippen LogP contribution in [-0.4, -0.2) is 32.1 Å². The Morgan fingerprint density at radius 1 is 0.963 bits per heavy atom. The van der Waals surface area contributed by atoms with Gasteiger partial charge in [-0.3, -0.25) is 9.59 Å². The summed E-state index contributed by atoms with van der Waals surface area (Å²) >= 11 is 5.86. The van der Waals surface area contributed by atoms with Crippen LogP contribution in [0.4, 0.5) is 5.69 Å². The van der Waals surface area contributed by atoms with Gasteiger partial charge in [-0.2, -0.15) is 0 Å². The number of nitrogens with one attached hydrogen (secondary N) is 2. The van der Waals surface area contributed by atoms with Gasteiger partial charge in [0.25, 0.3) is 5.91 Å². The Bertz CT molecular complexity index is 784. The number of anilines is 1. The van der Waals surface area contributed by atoms with E-state index >= 15 is 0 Å². The number of halogens is 1. The van der Waals surface area contributed by atoms with Crippen molar-refractivity contribution >= 4 is 29.1 Å². The van der Waals surface area contributed by atoms with E-state index in [9.17, 15) is 9.59 Å². The molecule has 0 bridgehead atoms. The molecule has 2 amide bonds. The standard InChI is InChI=1S/C20H23ClN2O4/c1-12(2)18(20(25)22-15-7-5-14(21)6-8-15)23-19(24)13-9-16(26-3)11-17(10-13)27-4/h5-12,18H,1-4H3,(H,22,25)(H,23,24)/t18-/m1/s1. The Morgan fingerprint density at radius 3 is 2.00 bits per heavy atom. The predicted molar refractivity (Wildman–Crippen MR) is 106 cm³/mol. The van der Waals surface area contributed by atoms with Crippen LogP contribution in [0.15, 0.2) is 42.5 Å². The highest BCUT2D eigenvalue weighted by atomic mass is 35.5. The third kappa shape index (κ3) is 5.62. The molecule has 0 aromatic heterocycles. The van der Waals surface area contributed by atoms with Crippen molar-refractivity contribution in [2.75, 3.05) is 19.5 Å². The largest absolute Gasteiger partial charge is 0.497 e. The highest BCUT2D eigenvalue weighted by molar-refractivity contribution is 6.30. The molecule has 0 saturated heterocycles. The lowest BCUT2D eigenvalue weighted by atomic mass is 10.0. The predicted octanol–water partition coefficient (Wildman–Crippen LogP) is 3.75. The minimum Gasteiger partial charge on any atom is -0.497 e. The summed E-state index contributed by atoms with van der Waals surface area (Å²) in [7, 11) is 3.01. The van der Waals surface area contributed by atoms with Crippen molar-refractivity contribution in [1.82, 2.24) is 5.32 Å². The Balaban J connectivity index is 2.16. The van der Waals surface area contributed by atoms with Gasteiger partial charge in [-0.05, 0) is 42.3 Å². The first kappa shape index (κ1) is 20.6. The Kier molecular flexibility index (Phi) is 7.07. The maximum absolute atomic E-state index is 12.7. The molecule has 2 N–H and O–H groups in total. The van der Waals surface area contributed by atoms with Crippen LogP contribution in [0.3, 0.4) is 0 Å². The van der Waals surface area contributed by atoms with E-state index in [2.05, 4.69) is 10.6 Å². The van der Waals surface area contributed by atoms with Crippen LogP contribution in [0.2, 0.25) is 5.02 Å². The van der Waals surface area contributed by atoms with Crippen molar-refractivity contribution in [2.24, 2.45) is 5.92 Å². The third-order valence-electron chi connectivity index (χ3n) is 3.96. The topological polar surface area (TPSA) is 76.7 Å². The van der Waals surface area contributed by atoms with E-state index in [1.165, 1.54) is 14.2 Å². The van der Waals surface area contributed by atoms with Crippen LogP contribution in [0.5, 0.6) is 11.5 Å². The maximum Gasteiger partial charge on any atom is 0.252 e. The van der Waals surface area contributed by atoms with Crippen molar-refractivity contribution in [3.05, 3.63) is 53.1 Å². The molecule has 0 heterocycles. The molecule has 0 fully saturated rings. The van der Waals surface area contributed by atoms with Crippen molar-refractivity contribution in [1.29, 1.82) is 0 Å². The number of carbonyl (C=O) groups is 2. The summed E-state index contributed by atoms with van der Waals surface area (Å²) in [5.41, 5.74) is 0.948. The first-order chi connectivity index (χ1) is 12.8. The summed E-state index contributed by atoms with van der Waals surface area (Å²) in [5, 5.41) is 6.15. The van der Waals surface area contributed by atoms with Crippen molar-refractivity contribution in [3.8, 4) is 11.5 Å². The second-order valence-electron chi connectivity index (χ2n) is 6.29. The molecule has 6 nitrogen and oxygen atoms in total. The number of amides is 2. The quantitative estimate of drug-likeness (QED) is 0.754. The smallest absolute Gasteiger partial charge is 0.252 e. The van der Waals surface area contributed by atoms with E-state index in [4.69, 9.17) is 21.1 Å². The Hall–Kier alpha value is -2.73. The fraction of sp³-hybridized carbons (Fsp3) is 0.300. The number of ether oxygens (including phenoxy) is 2. The number of hydrogen-bond acceptors (Lipinski definition) is 4. The van der Waals surface area contributed by atoms with E-state index in [0.29, 0.717) is 27.8 Å². The molecule has 0 aliphatic carbocycles. The van der Waals surface area contributed by atoms with Crippen molar-refractivity contribution < 1.29 is 19.1 Å². The molecule has 2 aromatic carbocycles. The molecule has 27 heavy (non-hydrogen) atoms. The maximum atomic E-state index is 12.7. The number of carbonyl (C=O) groups excluding carboxylic acids is 2. The molecule has 0 aliphatic rings. The zero-order chi connectivity index (χ0) is 20.0. The Labute approximate surface area is 163 Å². The van der Waals surface area contributed by atoms with Gasteiger partial charge in [0.2, 0.25) is 5.91 Å². The second kappa shape index (κ2) is 9.28. The monoisotopic (exact) mass is 390 g/mol. The van der Waals surface area contributed by atoms with Crippen LogP contribution < -0.4 is 20.1 Å². The van der Waals surface area contributed by atoms with Crippen LogP contribution in [0.1, 0.15) is 24.2 Å². The van der Waals surface area contributed by atoms with Gasteiger partial charge in [-0.25, -0.2) is 0 Å². The molecule has 0 radical (unpaired) electrons. The summed E-state index contributed by atoms with van der Waals surface area (Å²) in [6.45, 7) is 3.72. The zero-order valence-corrected chi connectivity index (χ0v) is 16.5. The third-order valence-corrected chi connectivity index (χ3v) is 4.21. The summed E-state index contributed by atoms with van der Waals surface area (Å²) in [6.07, 6.45) is 0. The molecule has 0 spiro atoms. The average molecular weight is 391 g/mol. The van der Waals surface area contributed by atoms with Crippen LogP contribution >= 0.6 is 11.6 Å². The molecule has 0 unspecified atom stereocenters. The van der Waals surface area contributed by atoms with E-state index in [0.717, 1.165) is 0 Å². The summed E-state index contributed by atoms with van der Waals surface area (Å²) in [4.78, 5) is 25.3. The number of hydrogen-bond donors (Lipinski definition) is 2. The first-order valence-corrected chi connectivity index (χ1v) is 8.82. The summed E-state index contributed by atoms with van der Waals surface area (Å²) in [5.74, 6) is 0.166. The first-order valence-electron chi connectivity index (χ1n) is 8.44. The fourth-order valence-corrected chi connectivity index (χ4v) is 2.58. The van der Waals surface area contributed by atoms with Gasteiger partial charge in [-0.1, -0.05) is 25.4 Å². The van der Waals surface area contributed by atoms with Crippen LogP contribution in [0, 0.1) is 5.92 Å². The number of rotatable bonds is 7. The molecular weight excluding hydrogens is 368 g/mol. The van der Waals surface area contributed by atoms with Crippen LogP contribution in [0.25, 0.3) is 0 Å². The summed E-state index contributed by atoms with van der Waals surface area (Å²) in [6, 6.07) is 10.9. The molecule has 2 rings (SSSR count). The van der Waals surface area contributed by atoms with Crippen molar-refractivity contribution in [3.63, 3.8) is 0 Å². The van der Waals surface area contributed by atoms with Gasteiger partial charge in [0, 0.05) is 22.3 Å².